The predicted molar refractivity (Wildman–Crippen MR) is 50.7 cm³/mol. The van der Waals surface area contributed by atoms with Gasteiger partial charge in [-0.15, -0.1) is 6.42 Å². The van der Waals surface area contributed by atoms with Crippen LogP contribution in [0.1, 0.15) is 18.5 Å². The van der Waals surface area contributed by atoms with Crippen LogP contribution in [0.4, 0.5) is 0 Å². The van der Waals surface area contributed by atoms with Gasteiger partial charge in [-0.3, -0.25) is 0 Å². The van der Waals surface area contributed by atoms with Crippen LogP contribution in [-0.2, 0) is 0 Å². The van der Waals surface area contributed by atoms with Crippen molar-refractivity contribution in [3.63, 3.8) is 0 Å². The molecule has 0 atom stereocenters. The first kappa shape index (κ1) is 7.24. The zero-order chi connectivity index (χ0) is 8.55. The summed E-state index contributed by atoms with van der Waals surface area (Å²) in [5, 5.41) is 2.42. The Bertz CT molecular complexity index is 454. The first-order valence-corrected chi connectivity index (χ1v) is 4.17. The Kier molecular flexibility index (Phi) is 1.55. The largest absolute Gasteiger partial charge is 0.358 e. The number of rotatable bonds is 0. The van der Waals surface area contributed by atoms with E-state index in [1.54, 1.807) is 0 Å². The highest BCUT2D eigenvalue weighted by Crippen LogP contribution is 2.05. The summed E-state index contributed by atoms with van der Waals surface area (Å²) in [6, 6.07) is 2.14. The van der Waals surface area contributed by atoms with Gasteiger partial charge in [0.25, 0.3) is 0 Å². The molecule has 1 heteroatoms. The fourth-order valence-corrected chi connectivity index (χ4v) is 1.66. The minimum absolute atomic E-state index is 1.00. The molecule has 0 radical (unpaired) electrons. The summed E-state index contributed by atoms with van der Waals surface area (Å²) in [6.07, 6.45) is 9.72. The van der Waals surface area contributed by atoms with Gasteiger partial charge in [0.2, 0.25) is 0 Å². The van der Waals surface area contributed by atoms with Gasteiger partial charge in [0, 0.05) is 11.3 Å². The van der Waals surface area contributed by atoms with Crippen LogP contribution in [0.5, 0.6) is 0 Å². The first-order valence-electron chi connectivity index (χ1n) is 4.17. The van der Waals surface area contributed by atoms with E-state index in [4.69, 9.17) is 6.42 Å². The van der Waals surface area contributed by atoms with Crippen molar-refractivity contribution in [2.24, 2.45) is 0 Å². The molecular formula is C11H11N. The van der Waals surface area contributed by atoms with Gasteiger partial charge in [-0.1, -0.05) is 12.0 Å². The third kappa shape index (κ3) is 0.967. The zero-order valence-electron chi connectivity index (χ0n) is 7.15. The molecule has 0 amide bonds. The number of nitrogens with one attached hydrogen (secondary N) is 1. The maximum Gasteiger partial charge on any atom is 0.0570 e. The zero-order valence-corrected chi connectivity index (χ0v) is 7.15. The average Bonchev–Trinajstić information content (AvgIpc) is 2.44. The molecule has 0 saturated carbocycles. The minimum atomic E-state index is 1.00. The van der Waals surface area contributed by atoms with Crippen LogP contribution >= 0.6 is 0 Å². The van der Waals surface area contributed by atoms with Crippen LogP contribution < -0.4 is 10.6 Å². The van der Waals surface area contributed by atoms with Gasteiger partial charge >= 0.3 is 0 Å². The van der Waals surface area contributed by atoms with Crippen LogP contribution in [-0.4, -0.2) is 4.98 Å². The summed E-state index contributed by atoms with van der Waals surface area (Å²) in [5.41, 5.74) is 2.30. The van der Waals surface area contributed by atoms with E-state index < -0.39 is 0 Å². The monoisotopic (exact) mass is 157 g/mol. The van der Waals surface area contributed by atoms with Gasteiger partial charge in [0.1, 0.15) is 0 Å². The van der Waals surface area contributed by atoms with Crippen molar-refractivity contribution in [1.29, 1.82) is 0 Å². The highest BCUT2D eigenvalue weighted by Gasteiger charge is 2.03. The molecule has 1 nitrogen and oxygen atoms in total. The molecule has 2 rings (SSSR count). The topological polar surface area (TPSA) is 15.8 Å². The third-order valence-corrected chi connectivity index (χ3v) is 2.22. The Morgan fingerprint density at radius 3 is 3.17 bits per heavy atom. The molecule has 1 aromatic rings. The molecule has 0 fully saturated rings. The highest BCUT2D eigenvalue weighted by molar-refractivity contribution is 5.64. The van der Waals surface area contributed by atoms with Crippen LogP contribution in [0.15, 0.2) is 6.07 Å². The van der Waals surface area contributed by atoms with Crippen molar-refractivity contribution < 1.29 is 0 Å². The SMILES string of the molecule is C#CC1=c2[nH]c(C)cc2=CCC1. The second-order valence-corrected chi connectivity index (χ2v) is 3.15. The quantitative estimate of drug-likeness (QED) is 0.533. The summed E-state index contributed by atoms with van der Waals surface area (Å²) in [4.78, 5) is 3.29. The number of hydrogen-bond donors (Lipinski definition) is 1. The van der Waals surface area contributed by atoms with Gasteiger partial charge in [-0.25, -0.2) is 0 Å². The van der Waals surface area contributed by atoms with E-state index in [2.05, 4.69) is 30.0 Å². The molecule has 1 aliphatic rings. The van der Waals surface area contributed by atoms with Crippen molar-refractivity contribution in [3.8, 4) is 12.3 Å². The fourth-order valence-electron chi connectivity index (χ4n) is 1.66. The van der Waals surface area contributed by atoms with Crippen molar-refractivity contribution in [2.45, 2.75) is 19.8 Å². The Morgan fingerprint density at radius 2 is 2.42 bits per heavy atom. The number of terminal acetylenes is 1. The maximum absolute atomic E-state index is 5.41. The standard InChI is InChI=1S/C11H11N/c1-3-9-5-4-6-10-7-8(2)12-11(9)10/h1,6-7,12H,4-5H2,2H3. The Morgan fingerprint density at radius 1 is 1.58 bits per heavy atom. The fraction of sp³-hybridized carbons (Fsp3) is 0.273. The molecule has 1 aliphatic carbocycles. The van der Waals surface area contributed by atoms with Crippen molar-refractivity contribution in [3.05, 3.63) is 22.3 Å². The summed E-state index contributed by atoms with van der Waals surface area (Å²) in [6.45, 7) is 2.06. The maximum atomic E-state index is 5.41. The molecule has 1 aromatic heterocycles. The molecule has 1 N–H and O–H groups in total. The molecule has 0 unspecified atom stereocenters. The molecular weight excluding hydrogens is 146 g/mol. The molecule has 0 aliphatic heterocycles. The van der Waals surface area contributed by atoms with Gasteiger partial charge < -0.3 is 4.98 Å². The lowest BCUT2D eigenvalue weighted by Gasteiger charge is -1.99. The van der Waals surface area contributed by atoms with E-state index >= 15 is 0 Å². The first-order chi connectivity index (χ1) is 5.81. The lowest BCUT2D eigenvalue weighted by Crippen LogP contribution is -2.27. The number of H-pyrrole nitrogens is 1. The number of aromatic amines is 1. The number of aromatic nitrogens is 1. The van der Waals surface area contributed by atoms with E-state index in [0.29, 0.717) is 0 Å². The van der Waals surface area contributed by atoms with E-state index in [-0.39, 0.29) is 0 Å². The molecule has 60 valence electrons. The smallest absolute Gasteiger partial charge is 0.0570 e. The van der Waals surface area contributed by atoms with Gasteiger partial charge in [-0.2, -0.15) is 0 Å². The van der Waals surface area contributed by atoms with Gasteiger partial charge in [0.05, 0.1) is 5.35 Å². The third-order valence-electron chi connectivity index (χ3n) is 2.22. The number of aryl methyl sites for hydroxylation is 1. The van der Waals surface area contributed by atoms with Crippen molar-refractivity contribution in [2.75, 3.05) is 0 Å². The lowest BCUT2D eigenvalue weighted by molar-refractivity contribution is 1.07. The average molecular weight is 157 g/mol. The minimum Gasteiger partial charge on any atom is -0.358 e. The summed E-state index contributed by atoms with van der Waals surface area (Å²) >= 11 is 0. The summed E-state index contributed by atoms with van der Waals surface area (Å²) in [5.74, 6) is 2.74. The molecule has 0 saturated heterocycles. The van der Waals surface area contributed by atoms with E-state index in [1.807, 2.05) is 0 Å². The predicted octanol–water partition coefficient (Wildman–Crippen LogP) is 0.681. The van der Waals surface area contributed by atoms with Crippen LogP contribution in [0.2, 0.25) is 0 Å². The molecule has 0 bridgehead atoms. The second kappa shape index (κ2) is 2.57. The van der Waals surface area contributed by atoms with Crippen LogP contribution in [0, 0.1) is 19.3 Å². The molecule has 0 spiro atoms. The Balaban J connectivity index is 2.89. The second-order valence-electron chi connectivity index (χ2n) is 3.15. The molecule has 12 heavy (non-hydrogen) atoms. The summed E-state index contributed by atoms with van der Waals surface area (Å²) < 4.78 is 0. The number of fused-ring (bicyclic) bond motifs is 1. The summed E-state index contributed by atoms with van der Waals surface area (Å²) in [7, 11) is 0. The van der Waals surface area contributed by atoms with Crippen molar-refractivity contribution in [1.82, 2.24) is 4.98 Å². The molecule has 1 heterocycles. The Hall–Kier alpha value is -1.42. The van der Waals surface area contributed by atoms with E-state index in [1.165, 1.54) is 10.9 Å². The van der Waals surface area contributed by atoms with E-state index in [9.17, 15) is 0 Å². The van der Waals surface area contributed by atoms with Gasteiger partial charge in [0.15, 0.2) is 0 Å². The Labute approximate surface area is 71.8 Å². The molecule has 0 aromatic carbocycles. The van der Waals surface area contributed by atoms with Gasteiger partial charge in [-0.05, 0) is 31.1 Å². The highest BCUT2D eigenvalue weighted by atomic mass is 14.7. The van der Waals surface area contributed by atoms with Crippen LogP contribution in [0.25, 0.3) is 11.6 Å². The van der Waals surface area contributed by atoms with Crippen molar-refractivity contribution >= 4 is 11.6 Å². The van der Waals surface area contributed by atoms with E-state index in [0.717, 1.165) is 23.8 Å². The van der Waals surface area contributed by atoms with Crippen LogP contribution in [0.3, 0.4) is 0 Å². The normalized spacial score (nSPS) is 14.8. The number of hydrogen-bond acceptors (Lipinski definition) is 0. The lowest BCUT2D eigenvalue weighted by atomic mass is 10.1.